The van der Waals surface area contributed by atoms with Crippen molar-refractivity contribution in [1.82, 2.24) is 14.9 Å². The van der Waals surface area contributed by atoms with Crippen LogP contribution in [0, 0.1) is 5.92 Å². The number of rotatable bonds is 4. The molecule has 0 bridgehead atoms. The fraction of sp³-hybridized carbons (Fsp3) is 0.688. The molecule has 0 N–H and O–H groups in total. The molecule has 0 unspecified atom stereocenters. The smallest absolute Gasteiger partial charge is 0.410 e. The SMILES string of the molecule is CSc1nc(Cl)cc(SC[C@H]2CCCN(C(=O)OC(C)(C)C)C2)n1. The molecule has 0 spiro atoms. The predicted octanol–water partition coefficient (Wildman–Crippen LogP) is 4.59. The topological polar surface area (TPSA) is 55.3 Å². The summed E-state index contributed by atoms with van der Waals surface area (Å²) in [5.41, 5.74) is -0.454. The molecule has 0 aliphatic carbocycles. The Morgan fingerprint density at radius 1 is 1.46 bits per heavy atom. The van der Waals surface area contributed by atoms with Gasteiger partial charge in [0.1, 0.15) is 15.8 Å². The number of likely N-dealkylation sites (tertiary alicyclic amines) is 1. The van der Waals surface area contributed by atoms with Crippen molar-refractivity contribution in [1.29, 1.82) is 0 Å². The molecule has 0 aromatic carbocycles. The van der Waals surface area contributed by atoms with Gasteiger partial charge < -0.3 is 9.64 Å². The van der Waals surface area contributed by atoms with Gasteiger partial charge in [0.05, 0.1) is 0 Å². The second kappa shape index (κ2) is 8.63. The summed E-state index contributed by atoms with van der Waals surface area (Å²) in [6.45, 7) is 7.18. The van der Waals surface area contributed by atoms with Crippen molar-refractivity contribution in [2.24, 2.45) is 5.92 Å². The number of amides is 1. The molecule has 1 aromatic heterocycles. The van der Waals surface area contributed by atoms with Crippen molar-refractivity contribution in [2.75, 3.05) is 25.1 Å². The van der Waals surface area contributed by atoms with Gasteiger partial charge >= 0.3 is 6.09 Å². The van der Waals surface area contributed by atoms with Gasteiger partial charge in [0.2, 0.25) is 0 Å². The van der Waals surface area contributed by atoms with Gasteiger partial charge in [-0.25, -0.2) is 14.8 Å². The van der Waals surface area contributed by atoms with E-state index >= 15 is 0 Å². The fourth-order valence-corrected chi connectivity index (χ4v) is 4.20. The molecule has 1 aromatic rings. The van der Waals surface area contributed by atoms with Gasteiger partial charge in [0.15, 0.2) is 5.16 Å². The predicted molar refractivity (Wildman–Crippen MR) is 100 cm³/mol. The molecule has 0 saturated carbocycles. The van der Waals surface area contributed by atoms with E-state index < -0.39 is 5.60 Å². The molecule has 1 fully saturated rings. The maximum atomic E-state index is 12.2. The van der Waals surface area contributed by atoms with Crippen LogP contribution in [0.4, 0.5) is 4.79 Å². The quantitative estimate of drug-likeness (QED) is 0.426. The normalized spacial score (nSPS) is 18.5. The van der Waals surface area contributed by atoms with Crippen LogP contribution in [-0.4, -0.2) is 51.7 Å². The number of piperidine rings is 1. The van der Waals surface area contributed by atoms with E-state index in [1.54, 1.807) is 17.8 Å². The molecule has 1 aliphatic rings. The van der Waals surface area contributed by atoms with Crippen LogP contribution in [0.5, 0.6) is 0 Å². The summed E-state index contributed by atoms with van der Waals surface area (Å²) in [7, 11) is 0. The van der Waals surface area contributed by atoms with E-state index in [1.165, 1.54) is 11.8 Å². The molecular formula is C16H24ClN3O2S2. The number of hydrogen-bond donors (Lipinski definition) is 0. The Balaban J connectivity index is 1.89. The highest BCUT2D eigenvalue weighted by atomic mass is 35.5. The molecule has 1 atom stereocenters. The van der Waals surface area contributed by atoms with Gasteiger partial charge in [-0.15, -0.1) is 11.8 Å². The fourth-order valence-electron chi connectivity index (χ4n) is 2.44. The van der Waals surface area contributed by atoms with Gasteiger partial charge in [0, 0.05) is 24.9 Å². The lowest BCUT2D eigenvalue weighted by Crippen LogP contribution is -2.43. The van der Waals surface area contributed by atoms with E-state index in [2.05, 4.69) is 9.97 Å². The first-order valence-corrected chi connectivity index (χ1v) is 10.5. The lowest BCUT2D eigenvalue weighted by atomic mass is 10.0. The summed E-state index contributed by atoms with van der Waals surface area (Å²) in [5, 5.41) is 2.04. The summed E-state index contributed by atoms with van der Waals surface area (Å²) in [6, 6.07) is 1.79. The molecule has 1 amide bonds. The number of nitrogens with zero attached hydrogens (tertiary/aromatic N) is 3. The van der Waals surface area contributed by atoms with Crippen molar-refractivity contribution >= 4 is 41.2 Å². The Labute approximate surface area is 157 Å². The van der Waals surface area contributed by atoms with Crippen molar-refractivity contribution in [3.05, 3.63) is 11.2 Å². The van der Waals surface area contributed by atoms with Crippen molar-refractivity contribution in [3.8, 4) is 0 Å². The second-order valence-corrected chi connectivity index (χ2v) is 8.96. The summed E-state index contributed by atoms with van der Waals surface area (Å²) < 4.78 is 5.47. The van der Waals surface area contributed by atoms with Crippen LogP contribution >= 0.6 is 35.1 Å². The van der Waals surface area contributed by atoms with Gasteiger partial charge in [0.25, 0.3) is 0 Å². The Hall–Kier alpha value is -0.660. The minimum absolute atomic E-state index is 0.216. The number of halogens is 1. The monoisotopic (exact) mass is 389 g/mol. The number of carbonyl (C=O) groups is 1. The third-order valence-corrected chi connectivity index (χ3v) is 5.36. The Bertz CT molecular complexity index is 581. The van der Waals surface area contributed by atoms with Gasteiger partial charge in [-0.3, -0.25) is 0 Å². The molecule has 24 heavy (non-hydrogen) atoms. The van der Waals surface area contributed by atoms with E-state index in [-0.39, 0.29) is 6.09 Å². The van der Waals surface area contributed by atoms with Crippen LogP contribution in [0.1, 0.15) is 33.6 Å². The lowest BCUT2D eigenvalue weighted by Gasteiger charge is -2.34. The largest absolute Gasteiger partial charge is 0.444 e. The number of hydrogen-bond acceptors (Lipinski definition) is 6. The standard InChI is InChI=1S/C16H24ClN3O2S2/c1-16(2,3)22-15(21)20-7-5-6-11(9-20)10-24-13-8-12(17)18-14(19-13)23-4/h8,11H,5-7,9-10H2,1-4H3/t11-/m0/s1. The minimum atomic E-state index is -0.454. The van der Waals surface area contributed by atoms with Crippen molar-refractivity contribution < 1.29 is 9.53 Å². The first-order valence-electron chi connectivity index (χ1n) is 7.96. The van der Waals surface area contributed by atoms with E-state index in [1.807, 2.05) is 31.9 Å². The summed E-state index contributed by atoms with van der Waals surface area (Å²) in [4.78, 5) is 22.7. The van der Waals surface area contributed by atoms with Crippen LogP contribution in [0.3, 0.4) is 0 Å². The molecule has 2 heterocycles. The number of ether oxygens (including phenoxy) is 1. The molecule has 1 aliphatic heterocycles. The molecule has 134 valence electrons. The molecule has 0 radical (unpaired) electrons. The first kappa shape index (κ1) is 19.7. The molecule has 1 saturated heterocycles. The average molecular weight is 390 g/mol. The van der Waals surface area contributed by atoms with E-state index in [4.69, 9.17) is 16.3 Å². The van der Waals surface area contributed by atoms with Crippen LogP contribution in [0.2, 0.25) is 5.15 Å². The Morgan fingerprint density at radius 3 is 2.88 bits per heavy atom. The van der Waals surface area contributed by atoms with E-state index in [0.717, 1.165) is 36.7 Å². The molecular weight excluding hydrogens is 366 g/mol. The molecule has 8 heteroatoms. The second-order valence-electron chi connectivity index (χ2n) is 6.76. The zero-order valence-electron chi connectivity index (χ0n) is 14.5. The number of aromatic nitrogens is 2. The summed E-state index contributed by atoms with van der Waals surface area (Å²) >= 11 is 9.18. The van der Waals surface area contributed by atoms with Crippen LogP contribution in [-0.2, 0) is 4.74 Å². The van der Waals surface area contributed by atoms with Crippen molar-refractivity contribution in [2.45, 2.75) is 49.4 Å². The highest BCUT2D eigenvalue weighted by Gasteiger charge is 2.27. The van der Waals surface area contributed by atoms with E-state index in [0.29, 0.717) is 16.2 Å². The zero-order chi connectivity index (χ0) is 17.7. The Kier molecular flexibility index (Phi) is 7.07. The Morgan fingerprint density at radius 2 is 2.21 bits per heavy atom. The highest BCUT2D eigenvalue weighted by molar-refractivity contribution is 7.99. The minimum Gasteiger partial charge on any atom is -0.444 e. The van der Waals surface area contributed by atoms with E-state index in [9.17, 15) is 4.79 Å². The number of thioether (sulfide) groups is 2. The molecule has 5 nitrogen and oxygen atoms in total. The van der Waals surface area contributed by atoms with Gasteiger partial charge in [-0.1, -0.05) is 23.4 Å². The third-order valence-electron chi connectivity index (χ3n) is 3.47. The number of carbonyl (C=O) groups excluding carboxylic acids is 1. The summed E-state index contributed by atoms with van der Waals surface area (Å²) in [5.74, 6) is 1.34. The maximum Gasteiger partial charge on any atom is 0.410 e. The van der Waals surface area contributed by atoms with Crippen LogP contribution in [0.25, 0.3) is 0 Å². The highest BCUT2D eigenvalue weighted by Crippen LogP contribution is 2.27. The maximum absolute atomic E-state index is 12.2. The van der Waals surface area contributed by atoms with Crippen molar-refractivity contribution in [3.63, 3.8) is 0 Å². The van der Waals surface area contributed by atoms with Gasteiger partial charge in [-0.2, -0.15) is 0 Å². The van der Waals surface area contributed by atoms with Crippen LogP contribution in [0.15, 0.2) is 16.2 Å². The lowest BCUT2D eigenvalue weighted by molar-refractivity contribution is 0.0177. The molecule has 2 rings (SSSR count). The first-order chi connectivity index (χ1) is 11.3. The zero-order valence-corrected chi connectivity index (χ0v) is 16.9. The summed E-state index contributed by atoms with van der Waals surface area (Å²) in [6.07, 6.45) is 3.83. The third kappa shape index (κ3) is 6.33. The average Bonchev–Trinajstić information content (AvgIpc) is 2.51. The van der Waals surface area contributed by atoms with Crippen LogP contribution < -0.4 is 0 Å². The van der Waals surface area contributed by atoms with Gasteiger partial charge in [-0.05, 0) is 45.8 Å².